The van der Waals surface area contributed by atoms with Gasteiger partial charge in [-0.25, -0.2) is 23.7 Å². The third-order valence-electron chi connectivity index (χ3n) is 11.4. The predicted molar refractivity (Wildman–Crippen MR) is 307 cm³/mol. The average molecular weight is 1240 g/mol. The molecule has 0 amide bonds. The Labute approximate surface area is 472 Å². The molecule has 11 rings (SSSR count). The van der Waals surface area contributed by atoms with Crippen LogP contribution in [0.25, 0.3) is 0 Å². The van der Waals surface area contributed by atoms with Gasteiger partial charge in [0.15, 0.2) is 0 Å². The number of nitrogens with one attached hydrogen (secondary N) is 1. The number of hydrogen-bond donors (Lipinski definition) is 2. The van der Waals surface area contributed by atoms with Gasteiger partial charge in [-0.05, 0) is 129 Å². The number of phenolic OH excluding ortho intramolecular Hbond substituents is 1. The van der Waals surface area contributed by atoms with Gasteiger partial charge in [0.25, 0.3) is 0 Å². The number of thiazole rings is 2. The fraction of sp³-hybridized carbons (Fsp3) is 0.196. The van der Waals surface area contributed by atoms with E-state index in [0.29, 0.717) is 39.4 Å². The number of methoxy groups -OCH3 is 1. The second-order valence-corrected chi connectivity index (χ2v) is 22.9. The van der Waals surface area contributed by atoms with Crippen LogP contribution in [0.5, 0.6) is 17.2 Å². The standard InChI is InChI=1S/C21H14BrCl2FN2OS.C14H9BrCl2FNO.C14H14N2OS.C7H8/c22-14-4-3-12(23)5-11(14)6-16-19-15(25)7-13(24)8-17(19)28-20(27-16)18-9-26-21(29-18)10-1-2-10;15-10-2-1-8(16)3-7(10)4-12(19)14-11(18)5-9(17)6-13(14)20;1-17-12-6-4-11(5-7-12)15-8-13-9-16-14(18-13)10-2-3-10;1-7-5-3-2-4-6-7/h3-5,7-10,20H,1-2,6H2;1-3,5-6,19-20H,4H2;4-10H,2-3H2,1H3;2-6H,1H3. The van der Waals surface area contributed by atoms with Crippen molar-refractivity contribution in [1.82, 2.24) is 9.97 Å². The fourth-order valence-electron chi connectivity index (χ4n) is 7.36. The van der Waals surface area contributed by atoms with Gasteiger partial charge in [-0.2, -0.15) is 0 Å². The molecule has 2 N–H and O–H groups in total. The molecule has 1 aliphatic heterocycles. The summed E-state index contributed by atoms with van der Waals surface area (Å²) in [5.41, 5.74) is 4.62. The first-order valence-electron chi connectivity index (χ1n) is 23.1. The lowest BCUT2D eigenvalue weighted by atomic mass is 9.99. The minimum Gasteiger partial charge on any atom is -0.507 e. The maximum Gasteiger partial charge on any atom is 0.226 e. The van der Waals surface area contributed by atoms with Crippen LogP contribution >= 0.6 is 101 Å². The molecule has 0 saturated heterocycles. The number of fused-ring (bicyclic) bond motifs is 1. The molecule has 0 bridgehead atoms. The summed E-state index contributed by atoms with van der Waals surface area (Å²) in [7, 11) is 1.66. The Bertz CT molecular complexity index is 3310. The summed E-state index contributed by atoms with van der Waals surface area (Å²) in [4.78, 5) is 20.2. The van der Waals surface area contributed by atoms with E-state index in [-0.39, 0.29) is 33.5 Å². The lowest BCUT2D eigenvalue weighted by Gasteiger charge is -2.25. The highest BCUT2D eigenvalue weighted by Gasteiger charge is 2.32. The van der Waals surface area contributed by atoms with Crippen LogP contribution < -0.4 is 9.47 Å². The molecule has 1 atom stereocenters. The Balaban J connectivity index is 0.000000143. The second kappa shape index (κ2) is 25.7. The van der Waals surface area contributed by atoms with Crippen molar-refractivity contribution in [1.29, 1.82) is 5.41 Å². The van der Waals surface area contributed by atoms with Crippen molar-refractivity contribution in [3.63, 3.8) is 0 Å². The number of phenols is 1. The van der Waals surface area contributed by atoms with E-state index < -0.39 is 17.9 Å². The smallest absolute Gasteiger partial charge is 0.226 e. The van der Waals surface area contributed by atoms with Crippen LogP contribution in [0, 0.1) is 24.0 Å². The van der Waals surface area contributed by atoms with Gasteiger partial charge in [0.05, 0.1) is 49.4 Å². The van der Waals surface area contributed by atoms with Gasteiger partial charge in [-0.1, -0.05) is 114 Å². The van der Waals surface area contributed by atoms with Gasteiger partial charge in [-0.15, -0.1) is 22.7 Å². The molecule has 2 fully saturated rings. The van der Waals surface area contributed by atoms with E-state index >= 15 is 0 Å². The van der Waals surface area contributed by atoms with Gasteiger partial charge in [0.2, 0.25) is 6.23 Å². The first-order valence-corrected chi connectivity index (χ1v) is 27.8. The van der Waals surface area contributed by atoms with Crippen molar-refractivity contribution in [2.75, 3.05) is 7.11 Å². The van der Waals surface area contributed by atoms with Gasteiger partial charge in [0, 0.05) is 78.0 Å². The van der Waals surface area contributed by atoms with Crippen molar-refractivity contribution >= 4 is 124 Å². The van der Waals surface area contributed by atoms with E-state index in [2.05, 4.69) is 65.9 Å². The Morgan fingerprint density at radius 1 is 0.770 bits per heavy atom. The molecule has 380 valence electrons. The summed E-state index contributed by atoms with van der Waals surface area (Å²) >= 11 is 34.0. The van der Waals surface area contributed by atoms with Crippen LogP contribution in [0.4, 0.5) is 14.5 Å². The van der Waals surface area contributed by atoms with Crippen molar-refractivity contribution in [3.8, 4) is 17.2 Å². The molecule has 1 unspecified atom stereocenters. The summed E-state index contributed by atoms with van der Waals surface area (Å²) < 4.78 is 41.4. The number of aliphatic imine (C=N–C) groups is 2. The number of benzene rings is 6. The van der Waals surface area contributed by atoms with Crippen molar-refractivity contribution < 1.29 is 23.4 Å². The number of aromatic nitrogens is 2. The third kappa shape index (κ3) is 15.3. The van der Waals surface area contributed by atoms with E-state index in [1.54, 1.807) is 60.1 Å². The van der Waals surface area contributed by atoms with Crippen LogP contribution in [0.3, 0.4) is 0 Å². The predicted octanol–water partition coefficient (Wildman–Crippen LogP) is 18.3. The average Bonchev–Trinajstić information content (AvgIpc) is 4.31. The zero-order valence-electron chi connectivity index (χ0n) is 39.6. The van der Waals surface area contributed by atoms with Crippen molar-refractivity contribution in [3.05, 3.63) is 216 Å². The highest BCUT2D eigenvalue weighted by Crippen LogP contribution is 2.45. The lowest BCUT2D eigenvalue weighted by molar-refractivity contribution is 0.212. The summed E-state index contributed by atoms with van der Waals surface area (Å²) in [6.07, 6.45) is 10.5. The van der Waals surface area contributed by atoms with E-state index in [9.17, 15) is 13.9 Å². The van der Waals surface area contributed by atoms with Crippen LogP contribution in [-0.2, 0) is 12.8 Å². The normalized spacial score (nSPS) is 14.5. The molecule has 8 nitrogen and oxygen atoms in total. The zero-order valence-corrected chi connectivity index (χ0v) is 47.4. The lowest BCUT2D eigenvalue weighted by Crippen LogP contribution is -2.20. The third-order valence-corrected chi connectivity index (χ3v) is 16.2. The summed E-state index contributed by atoms with van der Waals surface area (Å²) in [6.45, 7) is 2.08. The van der Waals surface area contributed by atoms with E-state index in [4.69, 9.17) is 66.3 Å². The quantitative estimate of drug-likeness (QED) is 0.125. The minimum absolute atomic E-state index is 0.0559. The summed E-state index contributed by atoms with van der Waals surface area (Å²) in [5, 5.41) is 21.6. The molecular weight excluding hydrogens is 1190 g/mol. The molecule has 3 aliphatic rings. The maximum absolute atomic E-state index is 14.8. The van der Waals surface area contributed by atoms with Crippen molar-refractivity contribution in [2.45, 2.75) is 63.5 Å². The molecule has 2 aromatic heterocycles. The Morgan fingerprint density at radius 2 is 1.38 bits per heavy atom. The summed E-state index contributed by atoms with van der Waals surface area (Å²) in [5.74, 6) is 0.995. The van der Waals surface area contributed by atoms with Crippen LogP contribution in [0.1, 0.15) is 91.3 Å². The topological polar surface area (TPSA) is 113 Å². The molecule has 18 heteroatoms. The first kappa shape index (κ1) is 55.2. The second-order valence-electron chi connectivity index (χ2n) is 17.3. The monoisotopic (exact) mass is 1240 g/mol. The molecule has 2 saturated carbocycles. The first-order chi connectivity index (χ1) is 35.6. The highest BCUT2D eigenvalue weighted by atomic mass is 79.9. The number of halogens is 8. The van der Waals surface area contributed by atoms with E-state index in [1.807, 2.05) is 73.2 Å². The van der Waals surface area contributed by atoms with Crippen LogP contribution in [0.2, 0.25) is 20.1 Å². The number of rotatable bonds is 11. The molecule has 74 heavy (non-hydrogen) atoms. The minimum atomic E-state index is -0.724. The maximum atomic E-state index is 14.8. The van der Waals surface area contributed by atoms with Gasteiger partial charge in [0.1, 0.15) is 28.9 Å². The highest BCUT2D eigenvalue weighted by molar-refractivity contribution is 9.10. The van der Waals surface area contributed by atoms with E-state index in [0.717, 1.165) is 58.3 Å². The zero-order chi connectivity index (χ0) is 52.5. The molecule has 0 spiro atoms. The number of hydrogen-bond acceptors (Lipinski definition) is 10. The van der Waals surface area contributed by atoms with Gasteiger partial charge >= 0.3 is 0 Å². The largest absolute Gasteiger partial charge is 0.507 e. The van der Waals surface area contributed by atoms with E-state index in [1.165, 1.54) is 48.4 Å². The molecular formula is C56H45Br2Cl4F2N5O3S2. The summed E-state index contributed by atoms with van der Waals surface area (Å²) in [6, 6.07) is 33.8. The van der Waals surface area contributed by atoms with Gasteiger partial charge < -0.3 is 20.0 Å². The Kier molecular flexibility index (Phi) is 19.2. The Morgan fingerprint density at radius 3 is 2.00 bits per heavy atom. The molecule has 3 heterocycles. The van der Waals surface area contributed by atoms with Crippen LogP contribution in [0.15, 0.2) is 147 Å². The number of aryl methyl sites for hydroxylation is 1. The number of ether oxygens (including phenoxy) is 2. The van der Waals surface area contributed by atoms with Gasteiger partial charge in [-0.3, -0.25) is 4.99 Å². The molecule has 6 aromatic carbocycles. The molecule has 8 aromatic rings. The number of aromatic hydroxyl groups is 1. The Hall–Kier alpha value is -5.03. The number of nitrogens with zero attached hydrogens (tertiary/aromatic N) is 4. The SMILES string of the molecule is COc1ccc(N=Cc2cnc(C3CC3)s2)cc1.Cc1ccccc1.Fc1cc(Cl)cc2c1C(Cc1cc(Cl)ccc1Br)=NC(c1cnc(C3CC3)s1)O2.N=C(Cc1cc(Cl)ccc1Br)c1c(O)cc(Cl)cc1F. The van der Waals surface area contributed by atoms with Crippen molar-refractivity contribution in [2.24, 2.45) is 9.98 Å². The fourth-order valence-corrected chi connectivity index (χ4v) is 10.9. The van der Waals surface area contributed by atoms with Crippen LogP contribution in [-0.4, -0.2) is 39.8 Å². The molecule has 2 aliphatic carbocycles. The molecule has 0 radical (unpaired) electrons.